The molecule has 0 atom stereocenters. The van der Waals surface area contributed by atoms with E-state index in [4.69, 9.17) is 11.6 Å². The van der Waals surface area contributed by atoms with Crippen molar-refractivity contribution in [2.24, 2.45) is 11.8 Å². The van der Waals surface area contributed by atoms with Crippen LogP contribution in [0.4, 0.5) is 5.82 Å². The van der Waals surface area contributed by atoms with E-state index in [1.165, 1.54) is 6.20 Å². The minimum absolute atomic E-state index is 0.0241. The van der Waals surface area contributed by atoms with Gasteiger partial charge in [-0.15, -0.1) is 0 Å². The van der Waals surface area contributed by atoms with Crippen molar-refractivity contribution in [2.75, 3.05) is 25.0 Å². The Morgan fingerprint density at radius 3 is 2.33 bits per heavy atom. The lowest BCUT2D eigenvalue weighted by molar-refractivity contribution is 0.0715. The summed E-state index contributed by atoms with van der Waals surface area (Å²) in [5.74, 6) is 1.49. The quantitative estimate of drug-likeness (QED) is 0.830. The molecule has 0 unspecified atom stereocenters. The monoisotopic (exact) mass is 311 g/mol. The van der Waals surface area contributed by atoms with E-state index in [0.717, 1.165) is 19.6 Å². The van der Waals surface area contributed by atoms with Gasteiger partial charge in [0.25, 0.3) is 5.91 Å². The molecule has 0 bridgehead atoms. The van der Waals surface area contributed by atoms with Crippen molar-refractivity contribution in [3.63, 3.8) is 0 Å². The summed E-state index contributed by atoms with van der Waals surface area (Å²) in [6, 6.07) is 1.74. The van der Waals surface area contributed by atoms with E-state index in [1.54, 1.807) is 6.07 Å². The highest BCUT2D eigenvalue weighted by atomic mass is 35.5. The molecule has 0 aromatic carbocycles. The van der Waals surface area contributed by atoms with Crippen LogP contribution in [0.1, 0.15) is 45.0 Å². The lowest BCUT2D eigenvalue weighted by Gasteiger charge is -2.27. The van der Waals surface area contributed by atoms with Gasteiger partial charge in [0.05, 0.1) is 10.6 Å². The van der Waals surface area contributed by atoms with Gasteiger partial charge in [0.1, 0.15) is 5.82 Å². The lowest BCUT2D eigenvalue weighted by atomic mass is 10.1. The van der Waals surface area contributed by atoms with Crippen LogP contribution >= 0.6 is 11.6 Å². The van der Waals surface area contributed by atoms with E-state index in [-0.39, 0.29) is 5.91 Å². The Hall–Kier alpha value is -1.29. The van der Waals surface area contributed by atoms with E-state index in [0.29, 0.717) is 28.2 Å². The zero-order chi connectivity index (χ0) is 16.0. The third-order valence-corrected chi connectivity index (χ3v) is 3.20. The fourth-order valence-corrected chi connectivity index (χ4v) is 2.36. The molecule has 1 aromatic rings. The Balaban J connectivity index is 3.03. The van der Waals surface area contributed by atoms with Crippen molar-refractivity contribution in [3.05, 3.63) is 22.8 Å². The van der Waals surface area contributed by atoms with E-state index in [1.807, 2.05) is 11.8 Å². The summed E-state index contributed by atoms with van der Waals surface area (Å²) in [6.07, 6.45) is 1.54. The normalized spacial score (nSPS) is 11.0. The molecule has 0 radical (unpaired) electrons. The van der Waals surface area contributed by atoms with Gasteiger partial charge >= 0.3 is 0 Å². The van der Waals surface area contributed by atoms with Gasteiger partial charge in [-0.1, -0.05) is 39.3 Å². The Morgan fingerprint density at radius 2 is 1.86 bits per heavy atom. The summed E-state index contributed by atoms with van der Waals surface area (Å²) in [6.45, 7) is 12.6. The molecule has 1 N–H and O–H groups in total. The SMILES string of the molecule is CCNc1cc(C(=O)N(CC(C)C)CC(C)C)c(Cl)cn1. The van der Waals surface area contributed by atoms with E-state index in [2.05, 4.69) is 38.0 Å². The zero-order valence-electron chi connectivity index (χ0n) is 13.6. The van der Waals surface area contributed by atoms with Crippen LogP contribution in [0.25, 0.3) is 0 Å². The number of amides is 1. The van der Waals surface area contributed by atoms with Crippen molar-refractivity contribution >= 4 is 23.3 Å². The molecule has 1 rings (SSSR count). The van der Waals surface area contributed by atoms with Gasteiger partial charge in [-0.25, -0.2) is 4.98 Å². The van der Waals surface area contributed by atoms with Crippen LogP contribution in [0, 0.1) is 11.8 Å². The zero-order valence-corrected chi connectivity index (χ0v) is 14.4. The molecule has 0 aliphatic carbocycles. The second-order valence-electron chi connectivity index (χ2n) is 6.08. The Labute approximate surface area is 132 Å². The summed E-state index contributed by atoms with van der Waals surface area (Å²) in [7, 11) is 0. The van der Waals surface area contributed by atoms with Gasteiger partial charge in [0.15, 0.2) is 0 Å². The minimum Gasteiger partial charge on any atom is -0.370 e. The maximum absolute atomic E-state index is 12.8. The molecule has 118 valence electrons. The molecule has 1 aromatic heterocycles. The molecule has 4 nitrogen and oxygen atoms in total. The smallest absolute Gasteiger partial charge is 0.255 e. The first-order chi connectivity index (χ1) is 9.85. The highest BCUT2D eigenvalue weighted by Gasteiger charge is 2.21. The Bertz CT molecular complexity index is 465. The molecule has 1 amide bonds. The summed E-state index contributed by atoms with van der Waals surface area (Å²) in [5, 5.41) is 3.51. The van der Waals surface area contributed by atoms with Crippen LogP contribution < -0.4 is 5.32 Å². The molecule has 0 spiro atoms. The second-order valence-corrected chi connectivity index (χ2v) is 6.48. The Kier molecular flexibility index (Phi) is 6.96. The number of halogens is 1. The molecular formula is C16H26ClN3O. The van der Waals surface area contributed by atoms with Gasteiger partial charge in [-0.05, 0) is 24.8 Å². The van der Waals surface area contributed by atoms with Gasteiger partial charge in [-0.2, -0.15) is 0 Å². The molecular weight excluding hydrogens is 286 g/mol. The molecule has 21 heavy (non-hydrogen) atoms. The number of nitrogens with zero attached hydrogens (tertiary/aromatic N) is 2. The number of pyridine rings is 1. The minimum atomic E-state index is -0.0241. The van der Waals surface area contributed by atoms with Crippen molar-refractivity contribution in [1.82, 2.24) is 9.88 Å². The first kappa shape index (κ1) is 17.8. The van der Waals surface area contributed by atoms with Crippen LogP contribution in [0.3, 0.4) is 0 Å². The molecule has 0 saturated heterocycles. The van der Waals surface area contributed by atoms with Crippen LogP contribution in [0.5, 0.6) is 0 Å². The first-order valence-corrected chi connectivity index (χ1v) is 7.91. The standard InChI is InChI=1S/C16H26ClN3O/c1-6-18-15-7-13(14(17)8-19-15)16(21)20(9-11(2)3)10-12(4)5/h7-8,11-12H,6,9-10H2,1-5H3,(H,18,19). The highest BCUT2D eigenvalue weighted by molar-refractivity contribution is 6.33. The van der Waals surface area contributed by atoms with Crippen LogP contribution in [-0.2, 0) is 0 Å². The van der Waals surface area contributed by atoms with Crippen molar-refractivity contribution in [2.45, 2.75) is 34.6 Å². The number of hydrogen-bond acceptors (Lipinski definition) is 3. The number of hydrogen-bond donors (Lipinski definition) is 1. The second kappa shape index (κ2) is 8.23. The van der Waals surface area contributed by atoms with Crippen LogP contribution in [-0.4, -0.2) is 35.4 Å². The summed E-state index contributed by atoms with van der Waals surface area (Å²) >= 11 is 6.17. The van der Waals surface area contributed by atoms with Gasteiger partial charge in [-0.3, -0.25) is 4.79 Å². The van der Waals surface area contributed by atoms with Crippen molar-refractivity contribution in [3.8, 4) is 0 Å². The molecule has 1 heterocycles. The fourth-order valence-electron chi connectivity index (χ4n) is 2.17. The molecule has 5 heteroatoms. The largest absolute Gasteiger partial charge is 0.370 e. The summed E-state index contributed by atoms with van der Waals surface area (Å²) < 4.78 is 0. The number of carbonyl (C=O) groups excluding carboxylic acids is 1. The van der Waals surface area contributed by atoms with Crippen LogP contribution in [0.15, 0.2) is 12.3 Å². The van der Waals surface area contributed by atoms with Crippen molar-refractivity contribution < 1.29 is 4.79 Å². The third-order valence-electron chi connectivity index (χ3n) is 2.90. The number of carbonyl (C=O) groups is 1. The van der Waals surface area contributed by atoms with E-state index >= 15 is 0 Å². The maximum Gasteiger partial charge on any atom is 0.255 e. The third kappa shape index (κ3) is 5.54. The molecule has 0 aliphatic rings. The number of nitrogens with one attached hydrogen (secondary N) is 1. The maximum atomic E-state index is 12.8. The van der Waals surface area contributed by atoms with Crippen LogP contribution in [0.2, 0.25) is 5.02 Å². The number of rotatable bonds is 7. The average molecular weight is 312 g/mol. The van der Waals surface area contributed by atoms with Gasteiger partial charge in [0, 0.05) is 25.8 Å². The number of aromatic nitrogens is 1. The van der Waals surface area contributed by atoms with Crippen molar-refractivity contribution in [1.29, 1.82) is 0 Å². The fraction of sp³-hybridized carbons (Fsp3) is 0.625. The Morgan fingerprint density at radius 1 is 1.29 bits per heavy atom. The summed E-state index contributed by atoms with van der Waals surface area (Å²) in [4.78, 5) is 18.8. The van der Waals surface area contributed by atoms with E-state index < -0.39 is 0 Å². The lowest BCUT2D eigenvalue weighted by Crippen LogP contribution is -2.37. The van der Waals surface area contributed by atoms with Gasteiger partial charge in [0.2, 0.25) is 0 Å². The molecule has 0 aliphatic heterocycles. The highest BCUT2D eigenvalue weighted by Crippen LogP contribution is 2.21. The van der Waals surface area contributed by atoms with Gasteiger partial charge < -0.3 is 10.2 Å². The summed E-state index contributed by atoms with van der Waals surface area (Å²) in [5.41, 5.74) is 0.518. The first-order valence-electron chi connectivity index (χ1n) is 7.53. The molecule has 0 fully saturated rings. The predicted molar refractivity (Wildman–Crippen MR) is 89.0 cm³/mol. The predicted octanol–water partition coefficient (Wildman–Crippen LogP) is 3.92. The topological polar surface area (TPSA) is 45.2 Å². The number of anilines is 1. The average Bonchev–Trinajstić information content (AvgIpc) is 2.38. The molecule has 0 saturated carbocycles. The van der Waals surface area contributed by atoms with E-state index in [9.17, 15) is 4.79 Å².